The van der Waals surface area contributed by atoms with Crippen molar-refractivity contribution in [2.24, 2.45) is 4.99 Å². The minimum absolute atomic E-state index is 0. The van der Waals surface area contributed by atoms with Gasteiger partial charge in [-0.3, -0.25) is 9.20 Å². The number of aliphatic imine (C=N–C) groups is 1. The van der Waals surface area contributed by atoms with Crippen LogP contribution in [0.1, 0.15) is 42.5 Å². The van der Waals surface area contributed by atoms with Crippen molar-refractivity contribution in [3.63, 3.8) is 0 Å². The van der Waals surface area contributed by atoms with Gasteiger partial charge in [-0.15, -0.1) is 35.3 Å². The first kappa shape index (κ1) is 20.8. The van der Waals surface area contributed by atoms with Crippen molar-refractivity contribution in [2.45, 2.75) is 57.4 Å². The topological polar surface area (TPSA) is 66.4 Å². The van der Waals surface area contributed by atoms with Crippen molar-refractivity contribution >= 4 is 52.1 Å². The third-order valence-corrected chi connectivity index (χ3v) is 6.58. The van der Waals surface area contributed by atoms with E-state index in [9.17, 15) is 4.21 Å². The smallest absolute Gasteiger partial charge is 0.191 e. The van der Waals surface area contributed by atoms with Gasteiger partial charge in [0, 0.05) is 46.0 Å². The van der Waals surface area contributed by atoms with Gasteiger partial charge in [0.2, 0.25) is 0 Å². The Kier molecular flexibility index (Phi) is 9.60. The lowest BCUT2D eigenvalue weighted by Gasteiger charge is -2.30. The fourth-order valence-corrected chi connectivity index (χ4v) is 4.86. The average molecular weight is 470 g/mol. The molecule has 0 bridgehead atoms. The molecule has 1 fully saturated rings. The van der Waals surface area contributed by atoms with E-state index >= 15 is 0 Å². The predicted octanol–water partition coefficient (Wildman–Crippen LogP) is 2.81. The Bertz CT molecular complexity index is 535. The number of guanidine groups is 1. The summed E-state index contributed by atoms with van der Waals surface area (Å²) in [5.74, 6) is 1.56. The summed E-state index contributed by atoms with van der Waals surface area (Å²) < 4.78 is 12.0. The van der Waals surface area contributed by atoms with Gasteiger partial charge in [0.1, 0.15) is 5.01 Å². The standard InChI is InChI=1S/C15H26N4OS2.HI/c1-4-22(20)13-7-5-6-12(8-13)19-15(16-3)18-10-14-17-9-11(2)21-14;/h9,12-13H,4-8,10H2,1-3H3,(H2,16,18,19);1H. The number of nitrogens with zero attached hydrogens (tertiary/aromatic N) is 2. The number of rotatable bonds is 5. The molecule has 0 amide bonds. The van der Waals surface area contributed by atoms with Crippen molar-refractivity contribution in [2.75, 3.05) is 12.8 Å². The molecule has 0 aliphatic heterocycles. The van der Waals surface area contributed by atoms with Crippen molar-refractivity contribution in [3.8, 4) is 0 Å². The summed E-state index contributed by atoms with van der Waals surface area (Å²) >= 11 is 1.70. The second-order valence-electron chi connectivity index (χ2n) is 5.59. The molecular weight excluding hydrogens is 443 g/mol. The maximum Gasteiger partial charge on any atom is 0.191 e. The molecule has 0 aromatic carbocycles. The van der Waals surface area contributed by atoms with Gasteiger partial charge in [-0.2, -0.15) is 0 Å². The average Bonchev–Trinajstić information content (AvgIpc) is 2.96. The van der Waals surface area contributed by atoms with Crippen LogP contribution in [0.4, 0.5) is 0 Å². The molecule has 1 aromatic rings. The van der Waals surface area contributed by atoms with Crippen LogP contribution in [-0.2, 0) is 17.3 Å². The second-order valence-corrected chi connectivity index (χ2v) is 8.91. The molecule has 3 unspecified atom stereocenters. The van der Waals surface area contributed by atoms with E-state index in [0.29, 0.717) is 17.8 Å². The molecule has 2 rings (SSSR count). The van der Waals surface area contributed by atoms with Crippen LogP contribution < -0.4 is 10.6 Å². The summed E-state index contributed by atoms with van der Waals surface area (Å²) in [4.78, 5) is 9.86. The molecule has 23 heavy (non-hydrogen) atoms. The van der Waals surface area contributed by atoms with E-state index in [2.05, 4.69) is 27.5 Å². The maximum atomic E-state index is 12.0. The molecule has 8 heteroatoms. The molecular formula is C15H27IN4OS2. The molecule has 0 saturated heterocycles. The van der Waals surface area contributed by atoms with Crippen molar-refractivity contribution in [1.29, 1.82) is 0 Å². The fraction of sp³-hybridized carbons (Fsp3) is 0.733. The zero-order chi connectivity index (χ0) is 15.9. The lowest BCUT2D eigenvalue weighted by molar-refractivity contribution is 0.413. The van der Waals surface area contributed by atoms with Gasteiger partial charge in [0.25, 0.3) is 0 Å². The van der Waals surface area contributed by atoms with E-state index in [0.717, 1.165) is 42.4 Å². The Balaban J connectivity index is 0.00000264. The number of hydrogen-bond acceptors (Lipinski definition) is 4. The number of aromatic nitrogens is 1. The Hall–Kier alpha value is -0.220. The summed E-state index contributed by atoms with van der Waals surface area (Å²) in [5, 5.41) is 8.18. The van der Waals surface area contributed by atoms with E-state index in [1.807, 2.05) is 13.1 Å². The summed E-state index contributed by atoms with van der Waals surface area (Å²) in [6.07, 6.45) is 6.20. The third-order valence-electron chi connectivity index (χ3n) is 3.92. The lowest BCUT2D eigenvalue weighted by atomic mass is 9.95. The fourth-order valence-electron chi connectivity index (χ4n) is 2.78. The van der Waals surface area contributed by atoms with Gasteiger partial charge in [-0.1, -0.05) is 13.3 Å². The second kappa shape index (κ2) is 10.6. The molecule has 1 aromatic heterocycles. The molecule has 5 nitrogen and oxygen atoms in total. The van der Waals surface area contributed by atoms with E-state index < -0.39 is 10.8 Å². The van der Waals surface area contributed by atoms with Gasteiger partial charge >= 0.3 is 0 Å². The predicted molar refractivity (Wildman–Crippen MR) is 110 cm³/mol. The van der Waals surface area contributed by atoms with Crippen LogP contribution in [0.2, 0.25) is 0 Å². The molecule has 0 radical (unpaired) electrons. The van der Waals surface area contributed by atoms with Crippen LogP contribution in [0.3, 0.4) is 0 Å². The molecule has 1 aliphatic carbocycles. The van der Waals surface area contributed by atoms with E-state index in [-0.39, 0.29) is 24.0 Å². The van der Waals surface area contributed by atoms with Crippen LogP contribution in [0.25, 0.3) is 0 Å². The Morgan fingerprint density at radius 2 is 2.30 bits per heavy atom. The first-order chi connectivity index (χ1) is 10.6. The van der Waals surface area contributed by atoms with Crippen molar-refractivity contribution in [3.05, 3.63) is 16.1 Å². The first-order valence-corrected chi connectivity index (χ1v) is 10.1. The van der Waals surface area contributed by atoms with Crippen molar-refractivity contribution in [1.82, 2.24) is 15.6 Å². The maximum absolute atomic E-state index is 12.0. The monoisotopic (exact) mass is 470 g/mol. The number of nitrogens with one attached hydrogen (secondary N) is 2. The number of halogens is 1. The Morgan fingerprint density at radius 1 is 1.52 bits per heavy atom. The van der Waals surface area contributed by atoms with E-state index in [1.165, 1.54) is 4.88 Å². The zero-order valence-corrected chi connectivity index (χ0v) is 18.0. The SMILES string of the molecule is CCS(=O)C1CCCC(NC(=NC)NCc2ncc(C)s2)C1.I. The van der Waals surface area contributed by atoms with Crippen LogP contribution >= 0.6 is 35.3 Å². The summed E-state index contributed by atoms with van der Waals surface area (Å²) in [7, 11) is 1.09. The Morgan fingerprint density at radius 3 is 2.91 bits per heavy atom. The quantitative estimate of drug-likeness (QED) is 0.395. The largest absolute Gasteiger partial charge is 0.354 e. The van der Waals surface area contributed by atoms with Crippen LogP contribution in [0, 0.1) is 6.92 Å². The highest BCUT2D eigenvalue weighted by Gasteiger charge is 2.26. The molecule has 1 heterocycles. The van der Waals surface area contributed by atoms with Gasteiger partial charge in [0.15, 0.2) is 5.96 Å². The molecule has 1 saturated carbocycles. The van der Waals surface area contributed by atoms with Gasteiger partial charge in [-0.05, 0) is 26.2 Å². The van der Waals surface area contributed by atoms with E-state index in [1.54, 1.807) is 18.4 Å². The third kappa shape index (κ3) is 6.66. The van der Waals surface area contributed by atoms with Gasteiger partial charge < -0.3 is 10.6 Å². The highest BCUT2D eigenvalue weighted by atomic mass is 127. The minimum atomic E-state index is -0.690. The zero-order valence-electron chi connectivity index (χ0n) is 14.0. The van der Waals surface area contributed by atoms with Crippen molar-refractivity contribution < 1.29 is 4.21 Å². The van der Waals surface area contributed by atoms with Gasteiger partial charge in [-0.25, -0.2) is 4.98 Å². The molecule has 132 valence electrons. The van der Waals surface area contributed by atoms with E-state index in [4.69, 9.17) is 0 Å². The van der Waals surface area contributed by atoms with Crippen LogP contribution in [-0.4, -0.2) is 39.2 Å². The Labute approximate surface area is 162 Å². The number of thiazole rings is 1. The summed E-state index contributed by atoms with van der Waals surface area (Å²) in [5.41, 5.74) is 0. The number of aryl methyl sites for hydroxylation is 1. The minimum Gasteiger partial charge on any atom is -0.354 e. The lowest BCUT2D eigenvalue weighted by Crippen LogP contribution is -2.46. The highest BCUT2D eigenvalue weighted by molar-refractivity contribution is 14.0. The van der Waals surface area contributed by atoms with Crippen LogP contribution in [0.5, 0.6) is 0 Å². The molecule has 2 N–H and O–H groups in total. The first-order valence-electron chi connectivity index (χ1n) is 7.88. The molecule has 1 aliphatic rings. The summed E-state index contributed by atoms with van der Waals surface area (Å²) in [6, 6.07) is 0.360. The molecule has 0 spiro atoms. The van der Waals surface area contributed by atoms with Crippen LogP contribution in [0.15, 0.2) is 11.2 Å². The molecule has 3 atom stereocenters. The number of hydrogen-bond donors (Lipinski definition) is 2. The summed E-state index contributed by atoms with van der Waals surface area (Å²) in [6.45, 7) is 4.75. The van der Waals surface area contributed by atoms with Gasteiger partial charge in [0.05, 0.1) is 6.54 Å². The normalized spacial score (nSPS) is 23.0. The highest BCUT2D eigenvalue weighted by Crippen LogP contribution is 2.23.